The van der Waals surface area contributed by atoms with Crippen LogP contribution in [0.5, 0.6) is 0 Å². The zero-order valence-electron chi connectivity index (χ0n) is 15.3. The molecule has 3 aromatic rings. The van der Waals surface area contributed by atoms with E-state index in [2.05, 4.69) is 15.5 Å². The Balaban J connectivity index is 1.65. The van der Waals surface area contributed by atoms with Crippen LogP contribution in [-0.2, 0) is 11.3 Å². The number of carbonyl (C=O) groups is 2. The predicted molar refractivity (Wildman–Crippen MR) is 102 cm³/mol. The average Bonchev–Trinajstić information content (AvgIpc) is 3.33. The Morgan fingerprint density at radius 2 is 2.11 bits per heavy atom. The van der Waals surface area contributed by atoms with Crippen molar-refractivity contribution in [2.75, 3.05) is 7.05 Å². The molecule has 27 heavy (non-hydrogen) atoms. The lowest BCUT2D eigenvalue weighted by molar-refractivity contribution is -0.136. The maximum Gasteiger partial charge on any atom is 0.262 e. The minimum absolute atomic E-state index is 0.230. The number of likely N-dealkylation sites (N-methyl/N-ethyl adjacent to an activating group) is 1. The highest BCUT2D eigenvalue weighted by Crippen LogP contribution is 2.19. The fourth-order valence-corrected chi connectivity index (χ4v) is 3.25. The number of nitrogens with one attached hydrogen (secondary N) is 1. The first-order valence-corrected chi connectivity index (χ1v) is 9.22. The molecule has 8 heteroatoms. The summed E-state index contributed by atoms with van der Waals surface area (Å²) in [5, 5.41) is 8.62. The summed E-state index contributed by atoms with van der Waals surface area (Å²) in [4.78, 5) is 31.2. The first-order valence-electron chi connectivity index (χ1n) is 8.34. The van der Waals surface area contributed by atoms with Gasteiger partial charge in [-0.1, -0.05) is 11.2 Å². The van der Waals surface area contributed by atoms with Gasteiger partial charge in [0.1, 0.15) is 11.2 Å². The predicted octanol–water partition coefficient (Wildman–Crippen LogP) is 2.97. The van der Waals surface area contributed by atoms with Crippen LogP contribution in [0.2, 0.25) is 0 Å². The van der Waals surface area contributed by atoms with E-state index >= 15 is 0 Å². The van der Waals surface area contributed by atoms with Crippen molar-refractivity contribution >= 4 is 23.2 Å². The van der Waals surface area contributed by atoms with E-state index in [1.807, 2.05) is 17.5 Å². The molecule has 0 saturated carbocycles. The summed E-state index contributed by atoms with van der Waals surface area (Å²) in [5.74, 6) is 0.0482. The van der Waals surface area contributed by atoms with Crippen molar-refractivity contribution in [2.45, 2.75) is 25.9 Å². The number of hydrogen-bond acceptors (Lipinski definition) is 6. The standard InChI is InChI=1S/C19H20N4O3S/c1-19(2,21-17(24)16-7-5-9-27-16)18(25)23(3)12-14-10-15(22-26-14)13-6-4-8-20-11-13/h4-11H,12H2,1-3H3,(H,21,24). The SMILES string of the molecule is CN(Cc1cc(-c2cccnc2)no1)C(=O)C(C)(C)NC(=O)c1cccs1. The zero-order valence-corrected chi connectivity index (χ0v) is 16.1. The molecular formula is C19H20N4O3S. The molecule has 3 aromatic heterocycles. The minimum atomic E-state index is -1.05. The van der Waals surface area contributed by atoms with Gasteiger partial charge >= 0.3 is 0 Å². The van der Waals surface area contributed by atoms with Crippen LogP contribution >= 0.6 is 11.3 Å². The Labute approximate surface area is 161 Å². The molecule has 1 N–H and O–H groups in total. The Morgan fingerprint density at radius 1 is 1.30 bits per heavy atom. The Kier molecular flexibility index (Phi) is 5.36. The first kappa shape index (κ1) is 18.8. The highest BCUT2D eigenvalue weighted by molar-refractivity contribution is 7.12. The van der Waals surface area contributed by atoms with Gasteiger partial charge in [0, 0.05) is 31.1 Å². The quantitative estimate of drug-likeness (QED) is 0.706. The number of aromatic nitrogens is 2. The first-order chi connectivity index (χ1) is 12.9. The normalized spacial score (nSPS) is 11.2. The van der Waals surface area contributed by atoms with Gasteiger partial charge in [0.2, 0.25) is 5.91 Å². The van der Waals surface area contributed by atoms with E-state index in [-0.39, 0.29) is 18.4 Å². The zero-order chi connectivity index (χ0) is 19.4. The summed E-state index contributed by atoms with van der Waals surface area (Å²) in [6, 6.07) is 8.99. The molecule has 3 rings (SSSR count). The summed E-state index contributed by atoms with van der Waals surface area (Å²) in [6.07, 6.45) is 3.38. The van der Waals surface area contributed by atoms with E-state index in [0.29, 0.717) is 16.3 Å². The van der Waals surface area contributed by atoms with Crippen molar-refractivity contribution < 1.29 is 14.1 Å². The van der Waals surface area contributed by atoms with Gasteiger partial charge in [0.05, 0.1) is 11.4 Å². The van der Waals surface area contributed by atoms with E-state index in [4.69, 9.17) is 4.52 Å². The van der Waals surface area contributed by atoms with Gasteiger partial charge in [-0.2, -0.15) is 0 Å². The van der Waals surface area contributed by atoms with E-state index in [1.165, 1.54) is 16.2 Å². The molecule has 0 fully saturated rings. The number of pyridine rings is 1. The number of carbonyl (C=O) groups excluding carboxylic acids is 2. The molecule has 0 bridgehead atoms. The van der Waals surface area contributed by atoms with Crippen LogP contribution in [0.4, 0.5) is 0 Å². The van der Waals surface area contributed by atoms with Gasteiger partial charge in [-0.15, -0.1) is 11.3 Å². The van der Waals surface area contributed by atoms with Crippen LogP contribution in [0.1, 0.15) is 29.3 Å². The molecule has 2 amide bonds. The molecule has 7 nitrogen and oxygen atoms in total. The molecule has 0 aliphatic carbocycles. The fraction of sp³-hybridized carbons (Fsp3) is 0.263. The van der Waals surface area contributed by atoms with Gasteiger partial charge in [-0.3, -0.25) is 14.6 Å². The van der Waals surface area contributed by atoms with E-state index < -0.39 is 5.54 Å². The number of thiophene rings is 1. The molecule has 140 valence electrons. The number of hydrogen-bond donors (Lipinski definition) is 1. The fourth-order valence-electron chi connectivity index (χ4n) is 2.63. The summed E-state index contributed by atoms with van der Waals surface area (Å²) in [6.45, 7) is 3.60. The summed E-state index contributed by atoms with van der Waals surface area (Å²) >= 11 is 1.33. The summed E-state index contributed by atoms with van der Waals surface area (Å²) in [7, 11) is 1.66. The van der Waals surface area contributed by atoms with Crippen LogP contribution in [0, 0.1) is 0 Å². The third kappa shape index (κ3) is 4.40. The lowest BCUT2D eigenvalue weighted by atomic mass is 10.0. The molecule has 0 aliphatic rings. The highest BCUT2D eigenvalue weighted by Gasteiger charge is 2.33. The molecular weight excluding hydrogens is 364 g/mol. The van der Waals surface area contributed by atoms with Crippen molar-refractivity contribution in [1.29, 1.82) is 0 Å². The third-order valence-corrected chi connectivity index (χ3v) is 4.83. The second-order valence-electron chi connectivity index (χ2n) is 6.64. The van der Waals surface area contributed by atoms with Crippen molar-refractivity contribution in [3.63, 3.8) is 0 Å². The van der Waals surface area contributed by atoms with Crippen molar-refractivity contribution in [2.24, 2.45) is 0 Å². The monoisotopic (exact) mass is 384 g/mol. The Morgan fingerprint density at radius 3 is 2.78 bits per heavy atom. The van der Waals surface area contributed by atoms with Crippen LogP contribution in [0.3, 0.4) is 0 Å². The number of rotatable bonds is 6. The van der Waals surface area contributed by atoms with E-state index in [0.717, 1.165) is 5.56 Å². The molecule has 0 radical (unpaired) electrons. The smallest absolute Gasteiger partial charge is 0.262 e. The van der Waals surface area contributed by atoms with Crippen LogP contribution < -0.4 is 5.32 Å². The van der Waals surface area contributed by atoms with Crippen LogP contribution in [0.25, 0.3) is 11.3 Å². The molecule has 0 aliphatic heterocycles. The summed E-state index contributed by atoms with van der Waals surface area (Å²) in [5.41, 5.74) is 0.441. The molecule has 0 spiro atoms. The van der Waals surface area contributed by atoms with Gasteiger partial charge in [0.15, 0.2) is 5.76 Å². The van der Waals surface area contributed by atoms with Gasteiger partial charge in [0.25, 0.3) is 5.91 Å². The Bertz CT molecular complexity index is 920. The molecule has 0 saturated heterocycles. The van der Waals surface area contributed by atoms with Gasteiger partial charge in [-0.05, 0) is 37.4 Å². The van der Waals surface area contributed by atoms with Crippen molar-refractivity contribution in [3.8, 4) is 11.3 Å². The van der Waals surface area contributed by atoms with Gasteiger partial charge in [-0.25, -0.2) is 0 Å². The minimum Gasteiger partial charge on any atom is -0.359 e. The molecule has 3 heterocycles. The number of nitrogens with zero attached hydrogens (tertiary/aromatic N) is 3. The molecule has 0 atom stereocenters. The lowest BCUT2D eigenvalue weighted by Crippen LogP contribution is -2.54. The van der Waals surface area contributed by atoms with Gasteiger partial charge < -0.3 is 14.7 Å². The third-order valence-electron chi connectivity index (χ3n) is 3.96. The second kappa shape index (κ2) is 7.71. The topological polar surface area (TPSA) is 88.3 Å². The maximum atomic E-state index is 12.8. The Hall–Kier alpha value is -3.00. The second-order valence-corrected chi connectivity index (χ2v) is 7.59. The highest BCUT2D eigenvalue weighted by atomic mass is 32.1. The molecule has 0 aromatic carbocycles. The van der Waals surface area contributed by atoms with Crippen LogP contribution in [-0.4, -0.2) is 39.4 Å². The van der Waals surface area contributed by atoms with Crippen molar-refractivity contribution in [1.82, 2.24) is 20.4 Å². The average molecular weight is 384 g/mol. The van der Waals surface area contributed by atoms with E-state index in [1.54, 1.807) is 51.5 Å². The largest absolute Gasteiger partial charge is 0.359 e. The molecule has 0 unspecified atom stereocenters. The summed E-state index contributed by atoms with van der Waals surface area (Å²) < 4.78 is 5.34. The maximum absolute atomic E-state index is 12.8. The van der Waals surface area contributed by atoms with E-state index in [9.17, 15) is 9.59 Å². The number of amides is 2. The lowest BCUT2D eigenvalue weighted by Gasteiger charge is -2.29. The van der Waals surface area contributed by atoms with Crippen molar-refractivity contribution in [3.05, 3.63) is 58.7 Å². The van der Waals surface area contributed by atoms with Crippen LogP contribution in [0.15, 0.2) is 52.6 Å².